The van der Waals surface area contributed by atoms with Gasteiger partial charge in [0, 0.05) is 19.3 Å². The molecule has 29 heavy (non-hydrogen) atoms. The summed E-state index contributed by atoms with van der Waals surface area (Å²) in [5.41, 5.74) is 9.10. The number of amides is 1. The van der Waals surface area contributed by atoms with Crippen molar-refractivity contribution in [2.45, 2.75) is 6.92 Å². The number of nitriles is 2. The van der Waals surface area contributed by atoms with Crippen LogP contribution in [0.3, 0.4) is 0 Å². The van der Waals surface area contributed by atoms with E-state index in [0.717, 1.165) is 5.52 Å². The van der Waals surface area contributed by atoms with Crippen LogP contribution in [0.25, 0.3) is 22.1 Å². The second-order valence-electron chi connectivity index (χ2n) is 5.86. The van der Waals surface area contributed by atoms with E-state index in [4.69, 9.17) is 16.3 Å². The maximum atomic E-state index is 10.9. The average molecular weight is 382 g/mol. The summed E-state index contributed by atoms with van der Waals surface area (Å²) in [6.07, 6.45) is 3.00. The zero-order valence-corrected chi connectivity index (χ0v) is 15.3. The van der Waals surface area contributed by atoms with Gasteiger partial charge in [-0.1, -0.05) is 0 Å². The summed E-state index contributed by atoms with van der Waals surface area (Å²) in [6, 6.07) is 14.2. The number of hydrogen-bond acceptors (Lipinski definition) is 8. The monoisotopic (exact) mass is 382 g/mol. The van der Waals surface area contributed by atoms with Crippen LogP contribution < -0.4 is 11.1 Å². The normalized spacial score (nSPS) is 9.76. The predicted molar refractivity (Wildman–Crippen MR) is 107 cm³/mol. The third-order valence-electron chi connectivity index (χ3n) is 3.66. The first-order valence-electron chi connectivity index (χ1n) is 8.35. The molecule has 4 aromatic rings. The molecule has 0 radical (unpaired) electrons. The summed E-state index contributed by atoms with van der Waals surface area (Å²) in [5, 5.41) is 19.9. The fraction of sp³-hybridized carbons (Fsp3) is 0.0500. The summed E-state index contributed by atoms with van der Waals surface area (Å²) in [7, 11) is 0. The van der Waals surface area contributed by atoms with Crippen LogP contribution in [0.1, 0.15) is 18.1 Å². The number of nitrogens with two attached hydrogens (primary N) is 1. The Morgan fingerprint density at radius 1 is 0.897 bits per heavy atom. The van der Waals surface area contributed by atoms with E-state index in [9.17, 15) is 4.79 Å². The molecular weight excluding hydrogens is 368 g/mol. The summed E-state index contributed by atoms with van der Waals surface area (Å²) in [5.74, 6) is 0.706. The Kier molecular flexibility index (Phi) is 5.53. The van der Waals surface area contributed by atoms with Crippen molar-refractivity contribution < 1.29 is 4.79 Å². The maximum absolute atomic E-state index is 10.9. The molecule has 0 bridgehead atoms. The first-order valence-corrected chi connectivity index (χ1v) is 8.35. The second kappa shape index (κ2) is 8.37. The molecule has 0 fully saturated rings. The van der Waals surface area contributed by atoms with Crippen molar-refractivity contribution in [3.63, 3.8) is 0 Å². The van der Waals surface area contributed by atoms with Crippen LogP contribution >= 0.6 is 0 Å². The number of nitrogens with one attached hydrogen (secondary N) is 1. The molecule has 0 aliphatic heterocycles. The molecule has 4 aromatic heterocycles. The Balaban J connectivity index is 0.000000169. The summed E-state index contributed by atoms with van der Waals surface area (Å²) < 4.78 is 0. The minimum Gasteiger partial charge on any atom is -0.384 e. The zero-order chi connectivity index (χ0) is 20.8. The molecule has 0 aromatic carbocycles. The van der Waals surface area contributed by atoms with Crippen LogP contribution in [0.5, 0.6) is 0 Å². The van der Waals surface area contributed by atoms with E-state index in [1.165, 1.54) is 19.3 Å². The highest BCUT2D eigenvalue weighted by Crippen LogP contribution is 2.14. The molecule has 0 atom stereocenters. The van der Waals surface area contributed by atoms with Crippen molar-refractivity contribution in [2.24, 2.45) is 0 Å². The highest BCUT2D eigenvalue weighted by atomic mass is 16.1. The van der Waals surface area contributed by atoms with Crippen LogP contribution in [0.4, 0.5) is 11.6 Å². The topological polar surface area (TPSA) is 154 Å². The molecule has 0 aliphatic carbocycles. The van der Waals surface area contributed by atoms with Crippen LogP contribution in [0, 0.1) is 22.7 Å². The summed E-state index contributed by atoms with van der Waals surface area (Å²) >= 11 is 0. The number of carbonyl (C=O) groups excluding carboxylic acids is 1. The lowest BCUT2D eigenvalue weighted by molar-refractivity contribution is -0.114. The van der Waals surface area contributed by atoms with Gasteiger partial charge in [0.15, 0.2) is 0 Å². The van der Waals surface area contributed by atoms with Crippen molar-refractivity contribution in [1.82, 2.24) is 19.9 Å². The molecule has 4 rings (SSSR count). The third-order valence-corrected chi connectivity index (χ3v) is 3.66. The minimum absolute atomic E-state index is 0.184. The Bertz CT molecular complexity index is 1300. The fourth-order valence-electron chi connectivity index (χ4n) is 2.40. The lowest BCUT2D eigenvalue weighted by Gasteiger charge is -2.02. The highest BCUT2D eigenvalue weighted by molar-refractivity contribution is 5.89. The van der Waals surface area contributed by atoms with Gasteiger partial charge in [-0.15, -0.1) is 0 Å². The number of hydrogen-bond donors (Lipinski definition) is 2. The van der Waals surface area contributed by atoms with Gasteiger partial charge in [-0.05, 0) is 36.4 Å². The molecule has 0 saturated carbocycles. The molecule has 0 aliphatic rings. The zero-order valence-electron chi connectivity index (χ0n) is 15.3. The van der Waals surface area contributed by atoms with E-state index in [2.05, 4.69) is 25.3 Å². The Morgan fingerprint density at radius 2 is 1.45 bits per heavy atom. The van der Waals surface area contributed by atoms with Crippen molar-refractivity contribution in [3.05, 3.63) is 59.9 Å². The van der Waals surface area contributed by atoms with Gasteiger partial charge in [-0.25, -0.2) is 9.97 Å². The molecule has 1 amide bonds. The molecule has 0 spiro atoms. The summed E-state index contributed by atoms with van der Waals surface area (Å²) in [6.45, 7) is 1.41. The molecule has 3 N–H and O–H groups in total. The fourth-order valence-corrected chi connectivity index (χ4v) is 2.40. The van der Waals surface area contributed by atoms with Gasteiger partial charge >= 0.3 is 0 Å². The lowest BCUT2D eigenvalue weighted by atomic mass is 10.2. The maximum Gasteiger partial charge on any atom is 0.222 e. The average Bonchev–Trinajstić information content (AvgIpc) is 2.72. The van der Waals surface area contributed by atoms with Crippen molar-refractivity contribution in [2.75, 3.05) is 11.1 Å². The van der Waals surface area contributed by atoms with Crippen LogP contribution in [0.2, 0.25) is 0 Å². The van der Waals surface area contributed by atoms with Gasteiger partial charge in [0.25, 0.3) is 0 Å². The smallest absolute Gasteiger partial charge is 0.222 e. The molecular formula is C20H14N8O. The van der Waals surface area contributed by atoms with Gasteiger partial charge in [-0.2, -0.15) is 10.5 Å². The van der Waals surface area contributed by atoms with Gasteiger partial charge in [0.05, 0.1) is 33.2 Å². The number of aromatic nitrogens is 4. The van der Waals surface area contributed by atoms with E-state index >= 15 is 0 Å². The van der Waals surface area contributed by atoms with E-state index in [1.54, 1.807) is 36.4 Å². The number of anilines is 2. The van der Waals surface area contributed by atoms with Gasteiger partial charge in [0.1, 0.15) is 23.8 Å². The SMILES string of the molecule is CC(=O)Nc1ccc2ncc(C#N)cc2n1.N#Cc1cnc2ccc(N)nc2c1. The quantitative estimate of drug-likeness (QED) is 0.509. The third kappa shape index (κ3) is 4.76. The number of rotatable bonds is 1. The molecule has 0 unspecified atom stereocenters. The molecule has 9 nitrogen and oxygen atoms in total. The molecule has 4 heterocycles. The largest absolute Gasteiger partial charge is 0.384 e. The lowest BCUT2D eigenvalue weighted by Crippen LogP contribution is -2.07. The van der Waals surface area contributed by atoms with Crippen molar-refractivity contribution in [1.29, 1.82) is 10.5 Å². The molecule has 140 valence electrons. The van der Waals surface area contributed by atoms with Gasteiger partial charge in [-0.3, -0.25) is 14.8 Å². The predicted octanol–water partition coefficient (Wildman–Crippen LogP) is 2.54. The Hall–Kier alpha value is -4.63. The standard InChI is InChI=1S/C11H8N4O.C9H6N4/c1-7(16)14-11-3-2-9-10(15-11)4-8(5-12)6-13-9;10-4-6-3-8-7(12-5-6)1-2-9(11)13-8/h2-4,6H,1H3,(H,14,15,16);1-3,5H,(H2,11,13). The number of carbonyl (C=O) groups is 1. The number of fused-ring (bicyclic) bond motifs is 2. The Labute approximate surface area is 165 Å². The number of nitrogens with zero attached hydrogens (tertiary/aromatic N) is 6. The molecule has 0 saturated heterocycles. The van der Waals surface area contributed by atoms with Crippen LogP contribution in [-0.2, 0) is 4.79 Å². The summed E-state index contributed by atoms with van der Waals surface area (Å²) in [4.78, 5) is 27.2. The van der Waals surface area contributed by atoms with E-state index in [1.807, 2.05) is 12.1 Å². The van der Waals surface area contributed by atoms with E-state index in [0.29, 0.717) is 39.3 Å². The van der Waals surface area contributed by atoms with E-state index < -0.39 is 0 Å². The van der Waals surface area contributed by atoms with Crippen LogP contribution in [0.15, 0.2) is 48.8 Å². The first kappa shape index (κ1) is 19.1. The Morgan fingerprint density at radius 3 is 2.00 bits per heavy atom. The second-order valence-corrected chi connectivity index (χ2v) is 5.86. The van der Waals surface area contributed by atoms with Crippen molar-refractivity contribution in [3.8, 4) is 12.1 Å². The number of nitrogen functional groups attached to an aromatic ring is 1. The minimum atomic E-state index is -0.184. The van der Waals surface area contributed by atoms with Crippen LogP contribution in [-0.4, -0.2) is 25.8 Å². The van der Waals surface area contributed by atoms with Crippen molar-refractivity contribution >= 4 is 39.6 Å². The highest BCUT2D eigenvalue weighted by Gasteiger charge is 2.02. The van der Waals surface area contributed by atoms with Gasteiger partial charge in [0.2, 0.25) is 5.91 Å². The first-order chi connectivity index (χ1) is 14.0. The number of pyridine rings is 4. The van der Waals surface area contributed by atoms with Gasteiger partial charge < -0.3 is 11.1 Å². The van der Waals surface area contributed by atoms with E-state index in [-0.39, 0.29) is 5.91 Å². The molecule has 9 heteroatoms.